The summed E-state index contributed by atoms with van der Waals surface area (Å²) in [6.45, 7) is 5.09. The van der Waals surface area contributed by atoms with Gasteiger partial charge in [0.25, 0.3) is 5.91 Å². The van der Waals surface area contributed by atoms with Gasteiger partial charge in [-0.15, -0.1) is 0 Å². The fourth-order valence-corrected chi connectivity index (χ4v) is 4.01. The quantitative estimate of drug-likeness (QED) is 0.398. The van der Waals surface area contributed by atoms with Gasteiger partial charge in [-0.1, -0.05) is 6.07 Å². The van der Waals surface area contributed by atoms with Crippen LogP contribution in [0.4, 0.5) is 27.9 Å². The highest BCUT2D eigenvalue weighted by atomic mass is 19.1. The molecule has 1 saturated carbocycles. The summed E-state index contributed by atoms with van der Waals surface area (Å²) in [5.41, 5.74) is 3.71. The SMILES string of the molecule is CC(C)NC(=O)c1cnc(Nc2ccc3c(c2)CCNC3)nc1Nc1nc(C2(CF)CC2)co1. The maximum Gasteiger partial charge on any atom is 0.300 e. The zero-order valence-electron chi connectivity index (χ0n) is 19.2. The van der Waals surface area contributed by atoms with Gasteiger partial charge in [0.15, 0.2) is 5.82 Å². The molecule has 2 aliphatic rings. The third-order valence-electron chi connectivity index (χ3n) is 6.18. The molecule has 0 unspecified atom stereocenters. The third kappa shape index (κ3) is 4.58. The van der Waals surface area contributed by atoms with Crippen LogP contribution >= 0.6 is 0 Å². The fourth-order valence-electron chi connectivity index (χ4n) is 4.01. The standard InChI is InChI=1S/C24H28FN7O2/c1-14(2)28-21(33)18-11-27-22(29-17-4-3-16-10-26-8-5-15(16)9-17)31-20(18)32-23-30-19(12-34-23)24(13-25)6-7-24/h3-4,9,11-12,14,26H,5-8,10,13H2,1-2H3,(H,28,33)(H2,27,29,30,31,32). The first-order chi connectivity index (χ1) is 16.5. The van der Waals surface area contributed by atoms with Gasteiger partial charge in [0.1, 0.15) is 18.5 Å². The molecule has 0 atom stereocenters. The number of halogens is 1. The van der Waals surface area contributed by atoms with Gasteiger partial charge in [0.05, 0.1) is 5.69 Å². The Kier molecular flexibility index (Phi) is 5.91. The van der Waals surface area contributed by atoms with Gasteiger partial charge < -0.3 is 20.4 Å². The molecule has 10 heteroatoms. The second-order valence-corrected chi connectivity index (χ2v) is 9.20. The molecule has 1 aliphatic carbocycles. The molecule has 2 aromatic heterocycles. The predicted octanol–water partition coefficient (Wildman–Crippen LogP) is 3.74. The van der Waals surface area contributed by atoms with E-state index in [4.69, 9.17) is 4.42 Å². The van der Waals surface area contributed by atoms with Crippen molar-refractivity contribution in [3.8, 4) is 0 Å². The molecular formula is C24H28FN7O2. The average Bonchev–Trinajstić information content (AvgIpc) is 3.49. The number of nitrogens with one attached hydrogen (secondary N) is 4. The number of hydrogen-bond acceptors (Lipinski definition) is 8. The Morgan fingerprint density at radius 3 is 2.85 bits per heavy atom. The first-order valence-corrected chi connectivity index (χ1v) is 11.5. The van der Waals surface area contributed by atoms with Crippen molar-refractivity contribution >= 4 is 29.4 Å². The molecule has 5 rings (SSSR count). The minimum Gasteiger partial charge on any atom is -0.432 e. The minimum absolute atomic E-state index is 0.0595. The molecule has 0 radical (unpaired) electrons. The van der Waals surface area contributed by atoms with E-state index in [-0.39, 0.29) is 29.3 Å². The number of fused-ring (bicyclic) bond motifs is 1. The lowest BCUT2D eigenvalue weighted by Crippen LogP contribution is -2.31. The van der Waals surface area contributed by atoms with Crippen molar-refractivity contribution in [1.29, 1.82) is 0 Å². The second-order valence-electron chi connectivity index (χ2n) is 9.20. The summed E-state index contributed by atoms with van der Waals surface area (Å²) in [6, 6.07) is 6.25. The summed E-state index contributed by atoms with van der Waals surface area (Å²) >= 11 is 0. The van der Waals surface area contributed by atoms with Crippen LogP contribution in [0.15, 0.2) is 35.1 Å². The first-order valence-electron chi connectivity index (χ1n) is 11.5. The van der Waals surface area contributed by atoms with E-state index in [1.807, 2.05) is 19.9 Å². The van der Waals surface area contributed by atoms with Crippen molar-refractivity contribution < 1.29 is 13.6 Å². The number of amides is 1. The van der Waals surface area contributed by atoms with Crippen molar-refractivity contribution in [2.24, 2.45) is 0 Å². The van der Waals surface area contributed by atoms with Crippen molar-refractivity contribution in [3.05, 3.63) is 53.0 Å². The molecule has 9 nitrogen and oxygen atoms in total. The predicted molar refractivity (Wildman–Crippen MR) is 126 cm³/mol. The number of benzene rings is 1. The monoisotopic (exact) mass is 465 g/mol. The Labute approximate surface area is 197 Å². The van der Waals surface area contributed by atoms with E-state index >= 15 is 0 Å². The molecule has 1 aliphatic heterocycles. The van der Waals surface area contributed by atoms with Crippen LogP contribution < -0.4 is 21.3 Å². The molecule has 0 saturated heterocycles. The molecule has 1 aromatic carbocycles. The highest BCUT2D eigenvalue weighted by Gasteiger charge is 2.47. The van der Waals surface area contributed by atoms with Gasteiger partial charge in [0, 0.05) is 29.9 Å². The minimum atomic E-state index is -0.540. The number of hydrogen-bond donors (Lipinski definition) is 4. The van der Waals surface area contributed by atoms with Crippen LogP contribution in [0.3, 0.4) is 0 Å². The second kappa shape index (κ2) is 9.02. The molecule has 1 amide bonds. The Balaban J connectivity index is 1.42. The van der Waals surface area contributed by atoms with Crippen LogP contribution in [0.2, 0.25) is 0 Å². The van der Waals surface area contributed by atoms with Crippen LogP contribution in [0.5, 0.6) is 0 Å². The number of anilines is 4. The topological polar surface area (TPSA) is 117 Å². The summed E-state index contributed by atoms with van der Waals surface area (Å²) < 4.78 is 19.0. The Hall–Kier alpha value is -3.53. The van der Waals surface area contributed by atoms with E-state index in [0.29, 0.717) is 11.6 Å². The van der Waals surface area contributed by atoms with Crippen LogP contribution in [-0.4, -0.2) is 40.1 Å². The van der Waals surface area contributed by atoms with Crippen LogP contribution in [0.25, 0.3) is 0 Å². The van der Waals surface area contributed by atoms with E-state index in [2.05, 4.69) is 48.4 Å². The third-order valence-corrected chi connectivity index (χ3v) is 6.18. The molecule has 34 heavy (non-hydrogen) atoms. The molecule has 3 aromatic rings. The summed E-state index contributed by atoms with van der Waals surface area (Å²) in [6.07, 6.45) is 5.38. The summed E-state index contributed by atoms with van der Waals surface area (Å²) in [5, 5.41) is 12.4. The maximum absolute atomic E-state index is 13.4. The number of alkyl halides is 1. The summed E-state index contributed by atoms with van der Waals surface area (Å²) in [4.78, 5) is 26.0. The number of carbonyl (C=O) groups excluding carboxylic acids is 1. The van der Waals surface area contributed by atoms with Crippen molar-refractivity contribution in [1.82, 2.24) is 25.6 Å². The highest BCUT2D eigenvalue weighted by molar-refractivity contribution is 5.99. The van der Waals surface area contributed by atoms with Crippen molar-refractivity contribution in [2.45, 2.75) is 51.1 Å². The number of oxazole rings is 1. The number of nitrogens with zero attached hydrogens (tertiary/aromatic N) is 3. The van der Waals surface area contributed by atoms with Gasteiger partial charge in [-0.25, -0.2) is 4.98 Å². The maximum atomic E-state index is 13.4. The number of rotatable bonds is 8. The molecule has 0 bridgehead atoms. The molecule has 178 valence electrons. The van der Waals surface area contributed by atoms with E-state index in [1.165, 1.54) is 23.6 Å². The van der Waals surface area contributed by atoms with Crippen molar-refractivity contribution in [3.63, 3.8) is 0 Å². The lowest BCUT2D eigenvalue weighted by Gasteiger charge is -2.18. The van der Waals surface area contributed by atoms with Gasteiger partial charge in [-0.05, 0) is 62.9 Å². The average molecular weight is 466 g/mol. The lowest BCUT2D eigenvalue weighted by molar-refractivity contribution is 0.0943. The molecule has 3 heterocycles. The smallest absolute Gasteiger partial charge is 0.300 e. The molecule has 1 fully saturated rings. The van der Waals surface area contributed by atoms with Crippen LogP contribution in [0.1, 0.15) is 53.9 Å². The van der Waals surface area contributed by atoms with Gasteiger partial charge in [0.2, 0.25) is 5.95 Å². The van der Waals surface area contributed by atoms with E-state index < -0.39 is 12.1 Å². The summed E-state index contributed by atoms with van der Waals surface area (Å²) in [5.74, 6) is 0.252. The fraction of sp³-hybridized carbons (Fsp3) is 0.417. The zero-order valence-corrected chi connectivity index (χ0v) is 19.2. The van der Waals surface area contributed by atoms with E-state index in [9.17, 15) is 9.18 Å². The van der Waals surface area contributed by atoms with Gasteiger partial charge in [-0.2, -0.15) is 9.97 Å². The summed E-state index contributed by atoms with van der Waals surface area (Å²) in [7, 11) is 0. The first kappa shape index (κ1) is 22.3. The molecule has 4 N–H and O–H groups in total. The lowest BCUT2D eigenvalue weighted by atomic mass is 10.0. The van der Waals surface area contributed by atoms with Gasteiger partial charge in [-0.3, -0.25) is 14.5 Å². The molecular weight excluding hydrogens is 437 g/mol. The van der Waals surface area contributed by atoms with E-state index in [1.54, 1.807) is 0 Å². The normalized spacial score (nSPS) is 16.1. The Morgan fingerprint density at radius 1 is 1.24 bits per heavy atom. The number of aromatic nitrogens is 3. The van der Waals surface area contributed by atoms with E-state index in [0.717, 1.165) is 38.0 Å². The zero-order chi connectivity index (χ0) is 23.7. The highest BCUT2D eigenvalue weighted by Crippen LogP contribution is 2.48. The Morgan fingerprint density at radius 2 is 2.09 bits per heavy atom. The van der Waals surface area contributed by atoms with Crippen molar-refractivity contribution in [2.75, 3.05) is 23.9 Å². The Bertz CT molecular complexity index is 1210. The van der Waals surface area contributed by atoms with Gasteiger partial charge >= 0.3 is 6.01 Å². The number of carbonyl (C=O) groups is 1. The molecule has 0 spiro atoms. The largest absolute Gasteiger partial charge is 0.432 e. The van der Waals surface area contributed by atoms with Crippen LogP contribution in [0, 0.1) is 0 Å². The van der Waals surface area contributed by atoms with Crippen LogP contribution in [-0.2, 0) is 18.4 Å².